The van der Waals surface area contributed by atoms with Crippen LogP contribution in [0.2, 0.25) is 0 Å². The van der Waals surface area contributed by atoms with Gasteiger partial charge in [0.15, 0.2) is 0 Å². The van der Waals surface area contributed by atoms with Crippen LogP contribution < -0.4 is 5.32 Å². The number of aromatic nitrogens is 3. The van der Waals surface area contributed by atoms with Crippen LogP contribution in [0.1, 0.15) is 42.5 Å². The van der Waals surface area contributed by atoms with Crippen LogP contribution in [-0.2, 0) is 13.5 Å². The Bertz CT molecular complexity index is 720. The molecule has 24 heavy (non-hydrogen) atoms. The molecule has 0 spiro atoms. The molecule has 1 atom stereocenters. The summed E-state index contributed by atoms with van der Waals surface area (Å²) in [5.41, 5.74) is 2.21. The highest BCUT2D eigenvalue weighted by Crippen LogP contribution is 2.29. The van der Waals surface area contributed by atoms with Crippen LogP contribution in [0.4, 0.5) is 9.80 Å². The average Bonchev–Trinajstić information content (AvgIpc) is 3.19. The molecule has 3 rings (SSSR count). The summed E-state index contributed by atoms with van der Waals surface area (Å²) in [6.07, 6.45) is 5.82. The van der Waals surface area contributed by atoms with Crippen molar-refractivity contribution >= 4 is 22.4 Å². The summed E-state index contributed by atoms with van der Waals surface area (Å²) in [5, 5.41) is 9.20. The summed E-state index contributed by atoms with van der Waals surface area (Å²) in [6.45, 7) is 7.84. The minimum absolute atomic E-state index is 0.0185. The van der Waals surface area contributed by atoms with Crippen LogP contribution in [0.15, 0.2) is 12.4 Å². The fraction of sp³-hybridized carbons (Fsp3) is 0.588. The Labute approximate surface area is 146 Å². The van der Waals surface area contributed by atoms with Crippen LogP contribution in [0.5, 0.6) is 0 Å². The van der Waals surface area contributed by atoms with Gasteiger partial charge in [0.25, 0.3) is 0 Å². The number of likely N-dealkylation sites (tertiary alicyclic amines) is 1. The molecule has 2 amide bonds. The number of aryl methyl sites for hydroxylation is 2. The molecule has 1 aliphatic rings. The first-order chi connectivity index (χ1) is 11.4. The summed E-state index contributed by atoms with van der Waals surface area (Å²) in [7, 11) is 1.92. The second kappa shape index (κ2) is 6.93. The fourth-order valence-electron chi connectivity index (χ4n) is 3.14. The maximum atomic E-state index is 12.6. The van der Waals surface area contributed by atoms with E-state index >= 15 is 0 Å². The van der Waals surface area contributed by atoms with Gasteiger partial charge >= 0.3 is 6.03 Å². The monoisotopic (exact) mass is 347 g/mol. The zero-order chi connectivity index (χ0) is 17.3. The number of carbonyl (C=O) groups is 1. The van der Waals surface area contributed by atoms with Crippen molar-refractivity contribution < 1.29 is 4.79 Å². The smallest absolute Gasteiger partial charge is 0.322 e. The molecule has 2 aromatic rings. The van der Waals surface area contributed by atoms with E-state index in [1.165, 1.54) is 5.56 Å². The number of nitrogens with zero attached hydrogens (tertiary/aromatic N) is 4. The number of hydrogen-bond donors (Lipinski definition) is 1. The molecule has 1 saturated heterocycles. The molecule has 130 valence electrons. The van der Waals surface area contributed by atoms with Gasteiger partial charge in [-0.15, -0.1) is 11.3 Å². The van der Waals surface area contributed by atoms with Crippen LogP contribution in [0, 0.1) is 12.8 Å². The molecule has 1 aliphatic heterocycles. The Morgan fingerprint density at radius 1 is 1.50 bits per heavy atom. The Morgan fingerprint density at radius 3 is 2.96 bits per heavy atom. The van der Waals surface area contributed by atoms with Crippen molar-refractivity contribution in [1.29, 1.82) is 0 Å². The number of rotatable bonds is 4. The minimum atomic E-state index is -0.0185. The van der Waals surface area contributed by atoms with Crippen molar-refractivity contribution in [3.8, 4) is 0 Å². The first-order valence-electron chi connectivity index (χ1n) is 8.43. The molecule has 1 fully saturated rings. The van der Waals surface area contributed by atoms with E-state index in [1.807, 2.05) is 35.9 Å². The average molecular weight is 347 g/mol. The predicted molar refractivity (Wildman–Crippen MR) is 96.6 cm³/mol. The molecular formula is C17H25N5OS. The maximum Gasteiger partial charge on any atom is 0.322 e. The summed E-state index contributed by atoms with van der Waals surface area (Å²) in [4.78, 5) is 19.1. The van der Waals surface area contributed by atoms with Gasteiger partial charge in [0.05, 0.1) is 16.9 Å². The summed E-state index contributed by atoms with van der Waals surface area (Å²) >= 11 is 1.56. The predicted octanol–water partition coefficient (Wildman–Crippen LogP) is 3.40. The molecular weight excluding hydrogens is 322 g/mol. The second-order valence-corrected chi connectivity index (χ2v) is 8.12. The van der Waals surface area contributed by atoms with Gasteiger partial charge in [-0.25, -0.2) is 9.78 Å². The number of thiazole rings is 1. The lowest BCUT2D eigenvalue weighted by molar-refractivity contribution is 0.222. The molecule has 0 aromatic carbocycles. The minimum Gasteiger partial charge on any atom is -0.324 e. The molecule has 0 unspecified atom stereocenters. The number of anilines is 1. The lowest BCUT2D eigenvalue weighted by Crippen LogP contribution is -2.32. The van der Waals surface area contributed by atoms with Crippen LogP contribution in [0.25, 0.3) is 0 Å². The van der Waals surface area contributed by atoms with Crippen molar-refractivity contribution in [1.82, 2.24) is 19.7 Å². The SMILES string of the molecule is Cc1nc(CC(C)C)c(NC(=O)N2CC[C@H](c3cnn(C)c3)C2)s1. The highest BCUT2D eigenvalue weighted by molar-refractivity contribution is 7.16. The van der Waals surface area contributed by atoms with Crippen molar-refractivity contribution in [3.63, 3.8) is 0 Å². The highest BCUT2D eigenvalue weighted by Gasteiger charge is 2.28. The number of amides is 2. The van der Waals surface area contributed by atoms with Gasteiger partial charge in [-0.3, -0.25) is 10.00 Å². The van der Waals surface area contributed by atoms with Crippen molar-refractivity contribution in [2.75, 3.05) is 18.4 Å². The van der Waals surface area contributed by atoms with E-state index in [0.717, 1.165) is 41.6 Å². The lowest BCUT2D eigenvalue weighted by atomic mass is 10.0. The zero-order valence-electron chi connectivity index (χ0n) is 14.7. The molecule has 7 heteroatoms. The molecule has 6 nitrogen and oxygen atoms in total. The van der Waals surface area contributed by atoms with Crippen LogP contribution in [0.3, 0.4) is 0 Å². The number of nitrogens with one attached hydrogen (secondary N) is 1. The van der Waals surface area contributed by atoms with Gasteiger partial charge in [0.1, 0.15) is 5.00 Å². The van der Waals surface area contributed by atoms with Gasteiger partial charge in [-0.1, -0.05) is 13.8 Å². The molecule has 0 radical (unpaired) electrons. The first-order valence-corrected chi connectivity index (χ1v) is 9.24. The largest absolute Gasteiger partial charge is 0.324 e. The van der Waals surface area contributed by atoms with Gasteiger partial charge in [-0.2, -0.15) is 5.10 Å². The van der Waals surface area contributed by atoms with Crippen molar-refractivity contribution in [2.45, 2.75) is 39.5 Å². The van der Waals surface area contributed by atoms with E-state index in [0.29, 0.717) is 11.8 Å². The van der Waals surface area contributed by atoms with Gasteiger partial charge < -0.3 is 4.90 Å². The highest BCUT2D eigenvalue weighted by atomic mass is 32.1. The maximum absolute atomic E-state index is 12.6. The molecule has 0 bridgehead atoms. The third kappa shape index (κ3) is 3.77. The summed E-state index contributed by atoms with van der Waals surface area (Å²) in [6, 6.07) is -0.0185. The standard InChI is InChI=1S/C17H25N5OS/c1-11(2)7-15-16(24-12(3)19-15)20-17(23)22-6-5-13(10-22)14-8-18-21(4)9-14/h8-9,11,13H,5-7,10H2,1-4H3,(H,20,23)/t13-/m0/s1. The fourth-order valence-corrected chi connectivity index (χ4v) is 3.97. The second-order valence-electron chi connectivity index (χ2n) is 6.92. The third-order valence-corrected chi connectivity index (χ3v) is 5.23. The van der Waals surface area contributed by atoms with E-state index in [1.54, 1.807) is 11.3 Å². The Morgan fingerprint density at radius 2 is 2.29 bits per heavy atom. The number of hydrogen-bond acceptors (Lipinski definition) is 4. The van der Waals surface area contributed by atoms with Crippen LogP contribution in [-0.4, -0.2) is 38.8 Å². The zero-order valence-corrected chi connectivity index (χ0v) is 15.6. The van der Waals surface area contributed by atoms with E-state index in [4.69, 9.17) is 0 Å². The van der Waals surface area contributed by atoms with Crippen LogP contribution >= 0.6 is 11.3 Å². The lowest BCUT2D eigenvalue weighted by Gasteiger charge is -2.17. The molecule has 2 aromatic heterocycles. The molecule has 0 saturated carbocycles. The number of urea groups is 1. The summed E-state index contributed by atoms with van der Waals surface area (Å²) < 4.78 is 1.82. The molecule has 3 heterocycles. The van der Waals surface area contributed by atoms with E-state index in [-0.39, 0.29) is 6.03 Å². The first kappa shape index (κ1) is 17.0. The Hall–Kier alpha value is -1.89. The summed E-state index contributed by atoms with van der Waals surface area (Å²) in [5.74, 6) is 0.895. The quantitative estimate of drug-likeness (QED) is 0.922. The Kier molecular flexibility index (Phi) is 4.89. The van der Waals surface area contributed by atoms with Gasteiger partial charge in [-0.05, 0) is 31.2 Å². The van der Waals surface area contributed by atoms with Gasteiger partial charge in [0, 0.05) is 32.3 Å². The van der Waals surface area contributed by atoms with Crippen molar-refractivity contribution in [3.05, 3.63) is 28.7 Å². The Balaban J connectivity index is 1.64. The van der Waals surface area contributed by atoms with E-state index in [9.17, 15) is 4.79 Å². The molecule has 0 aliphatic carbocycles. The normalized spacial score (nSPS) is 17.7. The van der Waals surface area contributed by atoms with E-state index in [2.05, 4.69) is 29.2 Å². The molecule has 1 N–H and O–H groups in total. The van der Waals surface area contributed by atoms with Gasteiger partial charge in [0.2, 0.25) is 0 Å². The van der Waals surface area contributed by atoms with E-state index < -0.39 is 0 Å². The van der Waals surface area contributed by atoms with Crippen molar-refractivity contribution in [2.24, 2.45) is 13.0 Å². The number of carbonyl (C=O) groups excluding carboxylic acids is 1. The third-order valence-electron chi connectivity index (χ3n) is 4.30. The topological polar surface area (TPSA) is 63.1 Å².